The van der Waals surface area contributed by atoms with Crippen LogP contribution in [-0.2, 0) is 8.85 Å². The molecule has 5 heteroatoms. The summed E-state index contributed by atoms with van der Waals surface area (Å²) in [5.41, 5.74) is 0. The average Bonchev–Trinajstić information content (AvgIpc) is 3.12. The van der Waals surface area contributed by atoms with Gasteiger partial charge in [0.1, 0.15) is 0 Å². The van der Waals surface area contributed by atoms with Crippen LogP contribution in [0, 0.1) is 23.7 Å². The van der Waals surface area contributed by atoms with Crippen molar-refractivity contribution in [2.45, 2.75) is 77.0 Å². The summed E-state index contributed by atoms with van der Waals surface area (Å²) in [5.74, 6) is 11.8. The SMILES string of the molecule is CC(C)(C)[Si](OC/C=C/C#CC#C/C=C/CC[C@H](O)CCO[Si](c1ccccc1)(c1ccccc1)C(C)(C)C)(c1ccccc1)c1ccccc1. The molecule has 0 aliphatic rings. The summed E-state index contributed by atoms with van der Waals surface area (Å²) in [5, 5.41) is 15.7. The molecule has 0 heterocycles. The van der Waals surface area contributed by atoms with E-state index in [2.05, 4.69) is 187 Å². The number of benzene rings is 4. The van der Waals surface area contributed by atoms with Gasteiger partial charge in [-0.3, -0.25) is 0 Å². The molecule has 0 radical (unpaired) electrons. The molecule has 51 heavy (non-hydrogen) atoms. The van der Waals surface area contributed by atoms with Crippen molar-refractivity contribution in [2.24, 2.45) is 0 Å². The van der Waals surface area contributed by atoms with Gasteiger partial charge < -0.3 is 14.0 Å². The van der Waals surface area contributed by atoms with Gasteiger partial charge in [0.15, 0.2) is 0 Å². The fourth-order valence-corrected chi connectivity index (χ4v) is 16.0. The van der Waals surface area contributed by atoms with E-state index >= 15 is 0 Å². The van der Waals surface area contributed by atoms with Gasteiger partial charge in [-0.05, 0) is 74.1 Å². The Hall–Kier alpha value is -4.21. The molecule has 4 aromatic carbocycles. The molecule has 264 valence electrons. The summed E-state index contributed by atoms with van der Waals surface area (Å²) in [6.45, 7) is 14.6. The van der Waals surface area contributed by atoms with Gasteiger partial charge in [0.2, 0.25) is 0 Å². The van der Waals surface area contributed by atoms with E-state index in [0.29, 0.717) is 26.1 Å². The lowest BCUT2D eigenvalue weighted by atomic mass is 10.1. The predicted molar refractivity (Wildman–Crippen MR) is 221 cm³/mol. The van der Waals surface area contributed by atoms with Crippen LogP contribution in [-0.4, -0.2) is 41.1 Å². The first-order valence-electron chi connectivity index (χ1n) is 18.0. The molecule has 1 N–H and O–H groups in total. The van der Waals surface area contributed by atoms with E-state index in [1.165, 1.54) is 20.7 Å². The summed E-state index contributed by atoms with van der Waals surface area (Å²) in [4.78, 5) is 0. The molecule has 3 nitrogen and oxygen atoms in total. The van der Waals surface area contributed by atoms with Crippen molar-refractivity contribution in [1.82, 2.24) is 0 Å². The highest BCUT2D eigenvalue weighted by Crippen LogP contribution is 2.38. The Kier molecular flexibility index (Phi) is 14.6. The molecule has 0 saturated heterocycles. The van der Waals surface area contributed by atoms with Crippen LogP contribution < -0.4 is 20.7 Å². The largest absolute Gasteiger partial charge is 0.407 e. The summed E-state index contributed by atoms with van der Waals surface area (Å²) in [6.07, 6.45) is 9.14. The highest BCUT2D eigenvalue weighted by molar-refractivity contribution is 7.00. The minimum atomic E-state index is -2.59. The van der Waals surface area contributed by atoms with Crippen molar-refractivity contribution in [3.05, 3.63) is 146 Å². The Morgan fingerprint density at radius 3 is 1.31 bits per heavy atom. The van der Waals surface area contributed by atoms with Gasteiger partial charge in [0.25, 0.3) is 16.6 Å². The van der Waals surface area contributed by atoms with Crippen molar-refractivity contribution < 1.29 is 14.0 Å². The Morgan fingerprint density at radius 1 is 0.549 bits per heavy atom. The van der Waals surface area contributed by atoms with E-state index in [4.69, 9.17) is 8.85 Å². The standard InChI is InChI=1S/C46H54O3Si2/c1-45(2,3)50(41-29-19-14-20-30-41,42-31-21-15-22-32-42)48-38-27-13-11-9-7-8-10-12-18-28-40(47)37-39-49-51(46(4,5)6,43-33-23-16-24-34-43)44-35-25-17-26-36-44/h10,12-17,19-27,29-36,40,47H,18,28,37-39H2,1-6H3/b12-10+,27-13+/t40-/m0/s1. The molecule has 0 bridgehead atoms. The van der Waals surface area contributed by atoms with Crippen LogP contribution in [0.2, 0.25) is 10.1 Å². The molecule has 0 aliphatic heterocycles. The van der Waals surface area contributed by atoms with Gasteiger partial charge in [-0.25, -0.2) is 0 Å². The van der Waals surface area contributed by atoms with Crippen LogP contribution in [0.3, 0.4) is 0 Å². The number of aliphatic hydroxyl groups excluding tert-OH is 1. The Balaban J connectivity index is 1.27. The van der Waals surface area contributed by atoms with Gasteiger partial charge in [0.05, 0.1) is 12.7 Å². The molecule has 0 fully saturated rings. The molecular weight excluding hydrogens is 657 g/mol. The van der Waals surface area contributed by atoms with Gasteiger partial charge in [-0.15, -0.1) is 0 Å². The third-order valence-electron chi connectivity index (χ3n) is 9.28. The van der Waals surface area contributed by atoms with Crippen LogP contribution in [0.5, 0.6) is 0 Å². The Morgan fingerprint density at radius 2 is 0.922 bits per heavy atom. The normalized spacial score (nSPS) is 13.0. The van der Waals surface area contributed by atoms with Crippen molar-refractivity contribution in [1.29, 1.82) is 0 Å². The second-order valence-electron chi connectivity index (χ2n) is 14.8. The molecule has 0 spiro atoms. The van der Waals surface area contributed by atoms with Gasteiger partial charge in [0, 0.05) is 6.61 Å². The van der Waals surface area contributed by atoms with Crippen molar-refractivity contribution in [2.75, 3.05) is 13.2 Å². The highest BCUT2D eigenvalue weighted by Gasteiger charge is 2.51. The Bertz CT molecular complexity index is 1720. The predicted octanol–water partition coefficient (Wildman–Crippen LogP) is 7.79. The third kappa shape index (κ3) is 10.2. The maximum atomic E-state index is 10.8. The van der Waals surface area contributed by atoms with E-state index in [0.717, 1.165) is 6.42 Å². The van der Waals surface area contributed by atoms with E-state index < -0.39 is 22.7 Å². The molecule has 4 rings (SSSR count). The average molecular weight is 711 g/mol. The molecule has 0 aromatic heterocycles. The monoisotopic (exact) mass is 710 g/mol. The summed E-state index contributed by atoms with van der Waals surface area (Å²) >= 11 is 0. The fourth-order valence-electron chi connectivity index (χ4n) is 6.88. The second-order valence-corrected chi connectivity index (χ2v) is 23.5. The number of hydrogen-bond donors (Lipinski definition) is 1. The molecule has 1 atom stereocenters. The zero-order chi connectivity index (χ0) is 36.6. The number of allylic oxidation sites excluding steroid dienone is 3. The van der Waals surface area contributed by atoms with E-state index in [1.807, 2.05) is 24.3 Å². The maximum absolute atomic E-state index is 10.8. The minimum Gasteiger partial charge on any atom is -0.407 e. The third-order valence-corrected chi connectivity index (χ3v) is 19.3. The minimum absolute atomic E-state index is 0.0682. The van der Waals surface area contributed by atoms with Gasteiger partial charge in [-0.2, -0.15) is 0 Å². The topological polar surface area (TPSA) is 38.7 Å². The van der Waals surface area contributed by atoms with Crippen LogP contribution in [0.25, 0.3) is 0 Å². The summed E-state index contributed by atoms with van der Waals surface area (Å²) in [7, 11) is -5.16. The molecule has 0 aliphatic carbocycles. The van der Waals surface area contributed by atoms with Crippen LogP contribution in [0.1, 0.15) is 60.8 Å². The molecule has 0 unspecified atom stereocenters. The van der Waals surface area contributed by atoms with Gasteiger partial charge >= 0.3 is 0 Å². The lowest BCUT2D eigenvalue weighted by Gasteiger charge is -2.43. The fraction of sp³-hybridized carbons (Fsp3) is 0.304. The first kappa shape index (κ1) is 39.6. The van der Waals surface area contributed by atoms with E-state index in [9.17, 15) is 5.11 Å². The summed E-state index contributed by atoms with van der Waals surface area (Å²) in [6, 6.07) is 42.5. The first-order chi connectivity index (χ1) is 24.5. The van der Waals surface area contributed by atoms with Gasteiger partial charge in [-0.1, -0.05) is 187 Å². The first-order valence-corrected chi connectivity index (χ1v) is 21.8. The van der Waals surface area contributed by atoms with Crippen LogP contribution >= 0.6 is 0 Å². The van der Waals surface area contributed by atoms with Crippen molar-refractivity contribution >= 4 is 37.4 Å². The lowest BCUT2D eigenvalue weighted by molar-refractivity contribution is 0.129. The summed E-state index contributed by atoms with van der Waals surface area (Å²) < 4.78 is 13.8. The maximum Gasteiger partial charge on any atom is 0.261 e. The van der Waals surface area contributed by atoms with Crippen molar-refractivity contribution in [3.63, 3.8) is 0 Å². The van der Waals surface area contributed by atoms with E-state index in [1.54, 1.807) is 0 Å². The van der Waals surface area contributed by atoms with Crippen molar-refractivity contribution in [3.8, 4) is 23.7 Å². The highest BCUT2D eigenvalue weighted by atomic mass is 28.4. The smallest absolute Gasteiger partial charge is 0.261 e. The number of aliphatic hydroxyl groups is 1. The molecule has 4 aromatic rings. The molecular formula is C46H54O3Si2. The molecule has 0 amide bonds. The zero-order valence-electron chi connectivity index (χ0n) is 31.2. The van der Waals surface area contributed by atoms with E-state index in [-0.39, 0.29) is 10.1 Å². The number of rotatable bonds is 14. The molecule has 0 saturated carbocycles. The lowest BCUT2D eigenvalue weighted by Crippen LogP contribution is -2.66. The number of hydrogen-bond acceptors (Lipinski definition) is 3. The van der Waals surface area contributed by atoms with Crippen LogP contribution in [0.15, 0.2) is 146 Å². The quantitative estimate of drug-likeness (QED) is 0.107. The zero-order valence-corrected chi connectivity index (χ0v) is 33.2. The second kappa shape index (κ2) is 18.9. The Labute approximate surface area is 309 Å². The van der Waals surface area contributed by atoms with Crippen LogP contribution in [0.4, 0.5) is 0 Å².